The normalized spacial score (nSPS) is 25.3. The third-order valence-corrected chi connectivity index (χ3v) is 6.52. The molecule has 1 N–H and O–H groups in total. The molecule has 0 spiro atoms. The van der Waals surface area contributed by atoms with E-state index in [2.05, 4.69) is 57.3 Å². The lowest BCUT2D eigenvalue weighted by atomic mass is 9.78. The second-order valence-electron chi connectivity index (χ2n) is 8.95. The lowest BCUT2D eigenvalue weighted by molar-refractivity contribution is -0.384. The number of hydrogen-bond acceptors (Lipinski definition) is 5. The van der Waals surface area contributed by atoms with Gasteiger partial charge < -0.3 is 14.6 Å². The summed E-state index contributed by atoms with van der Waals surface area (Å²) < 4.78 is 12.3. The van der Waals surface area contributed by atoms with Gasteiger partial charge in [0.1, 0.15) is 0 Å². The summed E-state index contributed by atoms with van der Waals surface area (Å²) in [6.07, 6.45) is 2.03. The van der Waals surface area contributed by atoms with Gasteiger partial charge in [-0.3, -0.25) is 10.1 Å². The predicted octanol–water partition coefficient (Wildman–Crippen LogP) is 4.06. The third-order valence-electron chi connectivity index (χ3n) is 6.52. The van der Waals surface area contributed by atoms with E-state index in [0.29, 0.717) is 0 Å². The van der Waals surface area contributed by atoms with Crippen molar-refractivity contribution in [2.24, 2.45) is 0 Å². The Kier molecular flexibility index (Phi) is 5.01. The van der Waals surface area contributed by atoms with Gasteiger partial charge in [0.25, 0.3) is 5.69 Å². The van der Waals surface area contributed by atoms with Gasteiger partial charge in [0, 0.05) is 24.2 Å². The smallest absolute Gasteiger partial charge is 0.399 e. The van der Waals surface area contributed by atoms with Gasteiger partial charge in [0.05, 0.1) is 16.1 Å². The zero-order valence-corrected chi connectivity index (χ0v) is 17.3. The van der Waals surface area contributed by atoms with Gasteiger partial charge in [0.15, 0.2) is 0 Å². The van der Waals surface area contributed by atoms with Crippen LogP contribution in [0.4, 0.5) is 5.69 Å². The molecule has 2 aromatic rings. The zero-order chi connectivity index (χ0) is 20.8. The molecule has 0 aliphatic carbocycles. The molecule has 2 saturated heterocycles. The monoisotopic (exact) mass is 394 g/mol. The summed E-state index contributed by atoms with van der Waals surface area (Å²) in [5.74, 6) is 0. The van der Waals surface area contributed by atoms with Crippen molar-refractivity contribution in [3.05, 3.63) is 69.8 Å². The minimum atomic E-state index is -0.365. The molecule has 2 aliphatic heterocycles. The van der Waals surface area contributed by atoms with Crippen LogP contribution in [0.5, 0.6) is 0 Å². The summed E-state index contributed by atoms with van der Waals surface area (Å²) in [6.45, 7) is 8.23. The number of non-ortho nitro benzene ring substituents is 1. The molecule has 7 heteroatoms. The van der Waals surface area contributed by atoms with Gasteiger partial charge in [-0.05, 0) is 57.1 Å². The van der Waals surface area contributed by atoms with Crippen LogP contribution >= 0.6 is 0 Å². The highest BCUT2D eigenvalue weighted by Gasteiger charge is 2.51. The maximum absolute atomic E-state index is 10.8. The summed E-state index contributed by atoms with van der Waals surface area (Å²) >= 11 is 0. The maximum Gasteiger partial charge on any atom is 0.494 e. The largest absolute Gasteiger partial charge is 0.494 e. The van der Waals surface area contributed by atoms with Gasteiger partial charge in [-0.25, -0.2) is 0 Å². The van der Waals surface area contributed by atoms with E-state index in [1.54, 1.807) is 12.1 Å². The van der Waals surface area contributed by atoms with Crippen LogP contribution in [0.3, 0.4) is 0 Å². The first kappa shape index (κ1) is 20.1. The van der Waals surface area contributed by atoms with Crippen molar-refractivity contribution in [1.29, 1.82) is 0 Å². The van der Waals surface area contributed by atoms with Crippen LogP contribution in [-0.2, 0) is 9.31 Å². The molecule has 29 heavy (non-hydrogen) atoms. The quantitative estimate of drug-likeness (QED) is 0.481. The van der Waals surface area contributed by atoms with Crippen LogP contribution < -0.4 is 10.8 Å². The van der Waals surface area contributed by atoms with Gasteiger partial charge >= 0.3 is 7.12 Å². The lowest BCUT2D eigenvalue weighted by Crippen LogP contribution is -2.41. The highest BCUT2D eigenvalue weighted by molar-refractivity contribution is 6.62. The summed E-state index contributed by atoms with van der Waals surface area (Å²) in [6, 6.07) is 15.8. The van der Waals surface area contributed by atoms with Crippen molar-refractivity contribution >= 4 is 18.3 Å². The Hall–Kier alpha value is -2.22. The van der Waals surface area contributed by atoms with Gasteiger partial charge in [0.2, 0.25) is 0 Å². The molecule has 4 rings (SSSR count). The van der Waals surface area contributed by atoms with Crippen molar-refractivity contribution in [2.75, 3.05) is 0 Å². The average molecular weight is 394 g/mol. The van der Waals surface area contributed by atoms with Crippen LogP contribution in [0.1, 0.15) is 63.7 Å². The topological polar surface area (TPSA) is 73.6 Å². The van der Waals surface area contributed by atoms with E-state index in [4.69, 9.17) is 9.31 Å². The highest BCUT2D eigenvalue weighted by atomic mass is 16.7. The van der Waals surface area contributed by atoms with Crippen molar-refractivity contribution in [3.8, 4) is 0 Å². The van der Waals surface area contributed by atoms with E-state index in [9.17, 15) is 10.1 Å². The molecule has 152 valence electrons. The number of hydrogen-bond donors (Lipinski definition) is 1. The predicted molar refractivity (Wildman–Crippen MR) is 113 cm³/mol. The van der Waals surface area contributed by atoms with Crippen molar-refractivity contribution in [1.82, 2.24) is 5.32 Å². The minimum Gasteiger partial charge on any atom is -0.399 e. The Bertz CT molecular complexity index is 880. The second kappa shape index (κ2) is 7.24. The van der Waals surface area contributed by atoms with Crippen molar-refractivity contribution < 1.29 is 14.2 Å². The van der Waals surface area contributed by atoms with Crippen LogP contribution in [0.15, 0.2) is 48.5 Å². The fraction of sp³-hybridized carbons (Fsp3) is 0.455. The Morgan fingerprint density at radius 1 is 0.897 bits per heavy atom. The molecule has 6 nitrogen and oxygen atoms in total. The number of nitro benzene ring substituents is 1. The fourth-order valence-corrected chi connectivity index (χ4v) is 3.96. The molecular formula is C22H27BN2O4. The van der Waals surface area contributed by atoms with Gasteiger partial charge in [-0.15, -0.1) is 0 Å². The van der Waals surface area contributed by atoms with Crippen molar-refractivity contribution in [3.63, 3.8) is 0 Å². The number of nitrogens with one attached hydrogen (secondary N) is 1. The van der Waals surface area contributed by atoms with Crippen molar-refractivity contribution in [2.45, 2.75) is 63.8 Å². The van der Waals surface area contributed by atoms with E-state index in [-0.39, 0.29) is 41.0 Å². The molecule has 2 atom stereocenters. The summed E-state index contributed by atoms with van der Waals surface area (Å²) in [7, 11) is -0.349. The Morgan fingerprint density at radius 2 is 1.34 bits per heavy atom. The van der Waals surface area contributed by atoms with E-state index in [0.717, 1.165) is 23.9 Å². The maximum atomic E-state index is 10.8. The molecule has 2 unspecified atom stereocenters. The highest BCUT2D eigenvalue weighted by Crippen LogP contribution is 2.37. The molecule has 2 heterocycles. The number of rotatable bonds is 4. The number of nitrogens with zero attached hydrogens (tertiary/aromatic N) is 1. The second-order valence-corrected chi connectivity index (χ2v) is 8.95. The third kappa shape index (κ3) is 3.82. The first-order valence-corrected chi connectivity index (χ1v) is 10.1. The van der Waals surface area contributed by atoms with E-state index in [1.165, 1.54) is 5.56 Å². The molecule has 2 aromatic carbocycles. The average Bonchev–Trinajstić information content (AvgIpc) is 3.25. The SMILES string of the molecule is CC1(C)OB(c2ccc(C3CCC(c4ccc([N+](=O)[O-])cc4)N3)cc2)OC1(C)C. The van der Waals surface area contributed by atoms with E-state index < -0.39 is 0 Å². The molecule has 0 saturated carbocycles. The first-order valence-electron chi connectivity index (χ1n) is 10.1. The number of nitro groups is 1. The van der Waals surface area contributed by atoms with E-state index >= 15 is 0 Å². The Labute approximate surface area is 171 Å². The fourth-order valence-electron chi connectivity index (χ4n) is 3.96. The number of benzene rings is 2. The Morgan fingerprint density at radius 3 is 1.79 bits per heavy atom. The summed E-state index contributed by atoms with van der Waals surface area (Å²) in [4.78, 5) is 10.5. The molecule has 0 aromatic heterocycles. The molecular weight excluding hydrogens is 367 g/mol. The standard InChI is InChI=1S/C22H27BN2O4/c1-21(2)22(3,4)29-23(28-21)17-9-5-15(6-10-17)19-13-14-20(24-19)16-7-11-18(12-8-16)25(26)27/h5-12,19-20,24H,13-14H2,1-4H3. The van der Waals surface area contributed by atoms with Crippen LogP contribution in [0, 0.1) is 10.1 Å². The summed E-state index contributed by atoms with van der Waals surface area (Å²) in [5.41, 5.74) is 2.78. The van der Waals surface area contributed by atoms with E-state index in [1.807, 2.05) is 12.1 Å². The first-order chi connectivity index (χ1) is 13.7. The summed E-state index contributed by atoms with van der Waals surface area (Å²) in [5, 5.41) is 14.5. The van der Waals surface area contributed by atoms with Gasteiger partial charge in [-0.1, -0.05) is 36.4 Å². The molecule has 2 fully saturated rings. The minimum absolute atomic E-state index is 0.126. The van der Waals surface area contributed by atoms with Crippen LogP contribution in [0.25, 0.3) is 0 Å². The molecule has 2 aliphatic rings. The zero-order valence-electron chi connectivity index (χ0n) is 17.3. The lowest BCUT2D eigenvalue weighted by Gasteiger charge is -2.32. The molecule has 0 amide bonds. The molecule has 0 bridgehead atoms. The van der Waals surface area contributed by atoms with Crippen LogP contribution in [-0.4, -0.2) is 23.2 Å². The Balaban J connectivity index is 1.42. The molecule has 0 radical (unpaired) electrons. The van der Waals surface area contributed by atoms with Gasteiger partial charge in [-0.2, -0.15) is 0 Å². The van der Waals surface area contributed by atoms with Crippen LogP contribution in [0.2, 0.25) is 0 Å².